The van der Waals surface area contributed by atoms with Gasteiger partial charge in [0.15, 0.2) is 17.5 Å². The first-order valence-corrected chi connectivity index (χ1v) is 50.2. The molecule has 0 aliphatic heterocycles. The monoisotopic (exact) mass is 1920 g/mol. The Morgan fingerprint density at radius 3 is 0.687 bits per heavy atom. The van der Waals surface area contributed by atoms with Crippen molar-refractivity contribution in [1.82, 2.24) is 77.2 Å². The van der Waals surface area contributed by atoms with Crippen LogP contribution in [-0.4, -0.2) is 77.2 Å². The number of fused-ring (bicyclic) bond motifs is 18. The molecule has 0 fully saturated rings. The number of para-hydroxylation sites is 6. The second-order valence-corrected chi connectivity index (χ2v) is 37.4. The summed E-state index contributed by atoms with van der Waals surface area (Å²) < 4.78 is 13.5. The summed E-state index contributed by atoms with van der Waals surface area (Å²) in [5, 5.41) is 13.9. The van der Waals surface area contributed by atoms with Crippen molar-refractivity contribution in [1.29, 1.82) is 0 Å². The van der Waals surface area contributed by atoms with E-state index in [2.05, 4.69) is 379 Å². The Kier molecular flexibility index (Phi) is 21.5. The maximum Gasteiger partial charge on any atom is 0.240 e. The molecule has 0 N–H and O–H groups in total. The molecule has 12 heterocycles. The Bertz CT molecular complexity index is 9330. The zero-order chi connectivity index (χ0) is 99.1. The van der Waals surface area contributed by atoms with E-state index in [1.54, 1.807) is 0 Å². The number of hydrogen-bond donors (Lipinski definition) is 0. The van der Waals surface area contributed by atoms with Crippen LogP contribution in [0.2, 0.25) is 0 Å². The first-order chi connectivity index (χ1) is 74.4. The van der Waals surface area contributed by atoms with Crippen molar-refractivity contribution < 1.29 is 0 Å². The zero-order valence-electron chi connectivity index (χ0n) is 80.8. The van der Waals surface area contributed by atoms with E-state index in [0.717, 1.165) is 178 Å². The molecule has 0 aliphatic rings. The normalized spacial score (nSPS) is 11.6. The largest absolute Gasteiger partial charge is 0.309 e. The summed E-state index contributed by atoms with van der Waals surface area (Å²) >= 11 is 0. The Morgan fingerprint density at radius 1 is 0.133 bits per heavy atom. The molecule has 0 atom stereocenters. The van der Waals surface area contributed by atoms with E-state index in [-0.39, 0.29) is 0 Å². The highest BCUT2D eigenvalue weighted by Crippen LogP contribution is 2.45. The van der Waals surface area contributed by atoms with Gasteiger partial charge in [0, 0.05) is 140 Å². The molecular weight excluding hydrogens is 1830 g/mol. The van der Waals surface area contributed by atoms with Crippen molar-refractivity contribution in [2.45, 2.75) is 0 Å². The van der Waals surface area contributed by atoms with E-state index >= 15 is 0 Å². The molecule has 18 aromatic carbocycles. The van der Waals surface area contributed by atoms with Gasteiger partial charge in [-0.3, -0.25) is 13.7 Å². The molecule has 16 heteroatoms. The molecule has 150 heavy (non-hydrogen) atoms. The van der Waals surface area contributed by atoms with E-state index in [9.17, 15) is 0 Å². The molecular formula is C134H86N16. The highest BCUT2D eigenvalue weighted by Gasteiger charge is 2.27. The lowest BCUT2D eigenvalue weighted by atomic mass is 10.0. The number of pyridine rings is 3. The van der Waals surface area contributed by atoms with E-state index in [4.69, 9.17) is 49.8 Å². The van der Waals surface area contributed by atoms with Gasteiger partial charge in [-0.2, -0.15) is 9.97 Å². The summed E-state index contributed by atoms with van der Waals surface area (Å²) in [6.07, 6.45) is 5.52. The second-order valence-electron chi connectivity index (χ2n) is 37.4. The lowest BCUT2D eigenvalue weighted by Gasteiger charge is -2.12. The average molecular weight is 1920 g/mol. The highest BCUT2D eigenvalue weighted by molar-refractivity contribution is 6.16. The fraction of sp³-hybridized carbons (Fsp3) is 0. The van der Waals surface area contributed by atoms with Crippen molar-refractivity contribution in [2.24, 2.45) is 0 Å². The maximum atomic E-state index is 5.19. The average Bonchev–Trinajstić information content (AvgIpc) is 1.58. The highest BCUT2D eigenvalue weighted by atomic mass is 15.2. The minimum Gasteiger partial charge on any atom is -0.309 e. The fourth-order valence-corrected chi connectivity index (χ4v) is 21.7. The molecule has 30 aromatic rings. The molecule has 0 spiro atoms. The fourth-order valence-electron chi connectivity index (χ4n) is 21.7. The summed E-state index contributed by atoms with van der Waals surface area (Å²) in [5.74, 6) is 3.76. The molecule has 12 aromatic heterocycles. The molecule has 30 rings (SSSR count). The third-order valence-corrected chi connectivity index (χ3v) is 28.6. The van der Waals surface area contributed by atoms with Crippen LogP contribution in [0.5, 0.6) is 0 Å². The van der Waals surface area contributed by atoms with E-state index in [1.807, 2.05) is 170 Å². The first kappa shape index (κ1) is 87.2. The summed E-state index contributed by atoms with van der Waals surface area (Å²) in [6, 6.07) is 176. The Labute approximate surface area is 860 Å². The molecule has 0 bridgehead atoms. The molecule has 0 amide bonds. The second kappa shape index (κ2) is 37.0. The molecule has 0 radical (unpaired) electrons. The van der Waals surface area contributed by atoms with Gasteiger partial charge in [0.2, 0.25) is 11.9 Å². The zero-order valence-corrected chi connectivity index (χ0v) is 80.8. The lowest BCUT2D eigenvalue weighted by Crippen LogP contribution is -2.07. The van der Waals surface area contributed by atoms with Crippen LogP contribution in [0.15, 0.2) is 522 Å². The SMILES string of the molecule is c1ccc(-c2cc(-c3ccccc3)nc(-n3c4cc(-c5ccc6c7ccccc7n(-c7ccccc7)c6c5)ccc4c4cccnc43)n2)cc1.c1ccc(-c2cc(-n3c4cc(-c5ccc6c7ccccc7n(-c7ccccc7)c6c5)ccc4c4cccnc43)nc(-c3ccccc3)n2)cc1.c1ccc(-c2nc(-c3ccccc3)nc(-n3c4cc(-c5ccc6c7ccccc7n(-c7ccccc7)c6c5)ccc4c4cccnc43)n2)cc1. The molecule has 16 nitrogen and oxygen atoms in total. The minimum absolute atomic E-state index is 0.521. The van der Waals surface area contributed by atoms with Crippen LogP contribution < -0.4 is 0 Å². The Morgan fingerprint density at radius 2 is 0.367 bits per heavy atom. The number of nitrogens with zero attached hydrogens (tertiary/aromatic N) is 16. The van der Waals surface area contributed by atoms with Crippen molar-refractivity contribution >= 4 is 131 Å². The predicted octanol–water partition coefficient (Wildman–Crippen LogP) is 32.6. The van der Waals surface area contributed by atoms with Crippen LogP contribution in [0.3, 0.4) is 0 Å². The van der Waals surface area contributed by atoms with Crippen LogP contribution in [-0.2, 0) is 0 Å². The Hall–Kier alpha value is -20.6. The van der Waals surface area contributed by atoms with Crippen molar-refractivity contribution in [3.63, 3.8) is 0 Å². The van der Waals surface area contributed by atoms with Gasteiger partial charge in [-0.15, -0.1) is 0 Å². The standard InChI is InChI=1S/2C45H29N5.C44H28N6/c1-4-13-30(14-5-1)39-29-40(31-15-6-2-7-16-31)48-45(47-39)50-43-28-33(23-25-37(43)38-20-12-26-46-44(38)50)32-22-24-36-35-19-10-11-21-41(35)49(42(36)27-32)34-17-8-3-9-18-34;1-4-13-30(14-5-1)39-29-43(48-44(47-39)31-15-6-2-7-16-31)50-42-28-33(23-25-37(42)38-20-12-26-46-45(38)50)32-22-24-36-35-19-10-11-21-40(35)49(41(36)27-32)34-17-8-3-9-18-34;1-4-13-29(14-5-1)41-46-42(30-15-6-2-7-16-30)48-44(47-41)50-40-28-32(23-25-36(40)37-20-12-26-45-43(37)50)31-22-24-35-34-19-10-11-21-38(34)49(39(35)27-31)33-17-8-3-9-18-33/h2*1-29H;1-28H. The van der Waals surface area contributed by atoms with Crippen LogP contribution in [0, 0.1) is 0 Å². The summed E-state index contributed by atoms with van der Waals surface area (Å²) in [4.78, 5) is 50.4. The molecule has 0 saturated heterocycles. The van der Waals surface area contributed by atoms with Gasteiger partial charge < -0.3 is 13.7 Å². The van der Waals surface area contributed by atoms with E-state index < -0.39 is 0 Å². The number of benzene rings is 18. The van der Waals surface area contributed by atoms with Crippen LogP contribution in [0.1, 0.15) is 0 Å². The third kappa shape index (κ3) is 15.4. The van der Waals surface area contributed by atoms with Gasteiger partial charge in [0.25, 0.3) is 0 Å². The molecule has 702 valence electrons. The van der Waals surface area contributed by atoms with Crippen molar-refractivity contribution in [3.8, 4) is 136 Å². The Balaban J connectivity index is 0.000000108. The van der Waals surface area contributed by atoms with Gasteiger partial charge >= 0.3 is 0 Å². The number of hydrogen-bond acceptors (Lipinski definition) is 10. The van der Waals surface area contributed by atoms with Crippen molar-refractivity contribution in [2.75, 3.05) is 0 Å². The summed E-state index contributed by atoms with van der Waals surface area (Å²) in [7, 11) is 0. The van der Waals surface area contributed by atoms with Crippen LogP contribution >= 0.6 is 0 Å². The van der Waals surface area contributed by atoms with Crippen LogP contribution in [0.4, 0.5) is 0 Å². The van der Waals surface area contributed by atoms with Crippen molar-refractivity contribution in [3.05, 3.63) is 522 Å². The van der Waals surface area contributed by atoms with E-state index in [1.165, 1.54) is 59.9 Å². The van der Waals surface area contributed by atoms with E-state index in [0.29, 0.717) is 29.4 Å². The number of aromatic nitrogens is 16. The lowest BCUT2D eigenvalue weighted by molar-refractivity contribution is 0.944. The van der Waals surface area contributed by atoms with Gasteiger partial charge in [0.1, 0.15) is 22.8 Å². The van der Waals surface area contributed by atoms with Gasteiger partial charge in [-0.1, -0.05) is 364 Å². The van der Waals surface area contributed by atoms with Gasteiger partial charge in [-0.25, -0.2) is 39.9 Å². The van der Waals surface area contributed by atoms with Gasteiger partial charge in [0.05, 0.1) is 66.7 Å². The third-order valence-electron chi connectivity index (χ3n) is 28.6. The molecule has 0 aliphatic carbocycles. The topological polar surface area (TPSA) is 158 Å². The predicted molar refractivity (Wildman–Crippen MR) is 612 cm³/mol. The smallest absolute Gasteiger partial charge is 0.240 e. The minimum atomic E-state index is 0.521. The van der Waals surface area contributed by atoms with Gasteiger partial charge in [-0.05, 0) is 167 Å². The number of rotatable bonds is 15. The molecule has 0 unspecified atom stereocenters. The summed E-state index contributed by atoms with van der Waals surface area (Å²) in [5.41, 5.74) is 31.2. The first-order valence-electron chi connectivity index (χ1n) is 50.2. The molecule has 0 saturated carbocycles. The van der Waals surface area contributed by atoms with Crippen LogP contribution in [0.25, 0.3) is 267 Å². The maximum absolute atomic E-state index is 5.19. The summed E-state index contributed by atoms with van der Waals surface area (Å²) in [6.45, 7) is 0. The quantitative estimate of drug-likeness (QED) is 0.0967.